The van der Waals surface area contributed by atoms with E-state index in [0.717, 1.165) is 55.2 Å². The number of aromatic nitrogens is 5. The highest BCUT2D eigenvalue weighted by Crippen LogP contribution is 2.30. The number of carbonyl (C=O) groups excluding carboxylic acids is 1. The van der Waals surface area contributed by atoms with E-state index < -0.39 is 0 Å². The number of nitrogens with zero attached hydrogens (tertiary/aromatic N) is 7. The van der Waals surface area contributed by atoms with Crippen LogP contribution < -0.4 is 9.80 Å². The zero-order chi connectivity index (χ0) is 17.7. The Morgan fingerprint density at radius 3 is 3.04 bits per heavy atom. The molecule has 3 aromatic rings. The highest BCUT2D eigenvalue weighted by atomic mass is 16.2. The van der Waals surface area contributed by atoms with Crippen LogP contribution in [0, 0.1) is 6.92 Å². The molecule has 0 aliphatic carbocycles. The van der Waals surface area contributed by atoms with E-state index in [1.807, 2.05) is 39.6 Å². The van der Waals surface area contributed by atoms with Gasteiger partial charge in [-0.2, -0.15) is 10.2 Å². The number of carbonyl (C=O) groups is 1. The molecule has 5 rings (SSSR count). The van der Waals surface area contributed by atoms with E-state index in [1.165, 1.54) is 0 Å². The molecule has 134 valence electrons. The lowest BCUT2D eigenvalue weighted by Crippen LogP contribution is -2.23. The van der Waals surface area contributed by atoms with Crippen molar-refractivity contribution in [2.75, 3.05) is 29.4 Å². The zero-order valence-corrected chi connectivity index (χ0v) is 14.7. The number of hydrogen-bond acceptors (Lipinski definition) is 5. The molecule has 8 nitrogen and oxygen atoms in total. The first-order valence-electron chi connectivity index (χ1n) is 9.09. The molecule has 2 aliphatic heterocycles. The van der Waals surface area contributed by atoms with Crippen molar-refractivity contribution >= 4 is 22.9 Å². The minimum Gasteiger partial charge on any atom is -0.353 e. The van der Waals surface area contributed by atoms with E-state index in [2.05, 4.69) is 26.1 Å². The predicted molar refractivity (Wildman–Crippen MR) is 97.4 cm³/mol. The number of hydrogen-bond donors (Lipinski definition) is 0. The lowest BCUT2D eigenvalue weighted by atomic mass is 10.3. The number of amides is 1. The van der Waals surface area contributed by atoms with Crippen molar-refractivity contribution in [3.63, 3.8) is 0 Å². The highest BCUT2D eigenvalue weighted by molar-refractivity contribution is 5.95. The topological polar surface area (TPSA) is 71.6 Å². The monoisotopic (exact) mass is 351 g/mol. The second-order valence-corrected chi connectivity index (χ2v) is 7.08. The molecule has 1 unspecified atom stereocenters. The van der Waals surface area contributed by atoms with Crippen molar-refractivity contribution in [2.45, 2.75) is 32.2 Å². The summed E-state index contributed by atoms with van der Waals surface area (Å²) >= 11 is 0. The summed E-state index contributed by atoms with van der Waals surface area (Å²) in [6.07, 6.45) is 10.1. The lowest BCUT2D eigenvalue weighted by Gasteiger charge is -2.18. The average Bonchev–Trinajstić information content (AvgIpc) is 3.39. The molecule has 0 spiro atoms. The normalized spacial score (nSPS) is 20.7. The summed E-state index contributed by atoms with van der Waals surface area (Å²) < 4.78 is 3.89. The zero-order valence-electron chi connectivity index (χ0n) is 14.7. The van der Waals surface area contributed by atoms with Gasteiger partial charge >= 0.3 is 0 Å². The van der Waals surface area contributed by atoms with E-state index in [1.54, 1.807) is 6.20 Å². The van der Waals surface area contributed by atoms with E-state index >= 15 is 0 Å². The van der Waals surface area contributed by atoms with Gasteiger partial charge in [0.1, 0.15) is 5.52 Å². The summed E-state index contributed by atoms with van der Waals surface area (Å²) in [7, 11) is 0. The lowest BCUT2D eigenvalue weighted by molar-refractivity contribution is -0.117. The maximum absolute atomic E-state index is 11.9. The summed E-state index contributed by atoms with van der Waals surface area (Å²) in [5, 5.41) is 9.00. The Labute approximate surface area is 151 Å². The summed E-state index contributed by atoms with van der Waals surface area (Å²) in [5.41, 5.74) is 2.94. The Hall–Kier alpha value is -2.90. The Morgan fingerprint density at radius 1 is 1.27 bits per heavy atom. The van der Waals surface area contributed by atoms with Gasteiger partial charge in [0.25, 0.3) is 0 Å². The first-order valence-corrected chi connectivity index (χ1v) is 9.09. The molecule has 3 aromatic heterocycles. The van der Waals surface area contributed by atoms with Gasteiger partial charge in [-0.05, 0) is 25.8 Å². The molecule has 8 heteroatoms. The third kappa shape index (κ3) is 2.44. The third-order valence-corrected chi connectivity index (χ3v) is 5.30. The molecule has 5 heterocycles. The second-order valence-electron chi connectivity index (χ2n) is 7.08. The van der Waals surface area contributed by atoms with Crippen LogP contribution in [0.5, 0.6) is 0 Å². The van der Waals surface area contributed by atoms with Crippen LogP contribution in [-0.2, 0) is 4.79 Å². The highest BCUT2D eigenvalue weighted by Gasteiger charge is 2.28. The van der Waals surface area contributed by atoms with Gasteiger partial charge in [-0.3, -0.25) is 9.48 Å². The molecule has 0 radical (unpaired) electrons. The molecular formula is C18H21N7O. The largest absolute Gasteiger partial charge is 0.353 e. The third-order valence-electron chi connectivity index (χ3n) is 5.30. The smallest absolute Gasteiger partial charge is 0.227 e. The van der Waals surface area contributed by atoms with E-state index in [-0.39, 0.29) is 11.9 Å². The molecular weight excluding hydrogens is 330 g/mol. The van der Waals surface area contributed by atoms with Crippen LogP contribution >= 0.6 is 0 Å². The molecule has 26 heavy (non-hydrogen) atoms. The van der Waals surface area contributed by atoms with Gasteiger partial charge in [0.15, 0.2) is 5.82 Å². The van der Waals surface area contributed by atoms with E-state index in [0.29, 0.717) is 6.42 Å². The summed E-state index contributed by atoms with van der Waals surface area (Å²) in [6, 6.07) is 2.35. The van der Waals surface area contributed by atoms with Gasteiger partial charge in [-0.25, -0.2) is 9.50 Å². The van der Waals surface area contributed by atoms with Gasteiger partial charge in [0, 0.05) is 44.6 Å². The number of rotatable bonds is 3. The molecule has 1 atom stereocenters. The minimum atomic E-state index is 0.199. The summed E-state index contributed by atoms with van der Waals surface area (Å²) in [4.78, 5) is 20.7. The second kappa shape index (κ2) is 5.82. The maximum Gasteiger partial charge on any atom is 0.227 e. The van der Waals surface area contributed by atoms with Crippen LogP contribution in [0.4, 0.5) is 11.5 Å². The van der Waals surface area contributed by atoms with Gasteiger partial charge in [-0.1, -0.05) is 0 Å². The van der Waals surface area contributed by atoms with Crippen LogP contribution in [0.3, 0.4) is 0 Å². The van der Waals surface area contributed by atoms with Gasteiger partial charge in [-0.15, -0.1) is 0 Å². The van der Waals surface area contributed by atoms with Gasteiger partial charge in [0.05, 0.1) is 23.6 Å². The minimum absolute atomic E-state index is 0.199. The molecule has 0 N–H and O–H groups in total. The molecule has 0 aromatic carbocycles. The summed E-state index contributed by atoms with van der Waals surface area (Å²) in [5.74, 6) is 1.17. The molecule has 0 saturated carbocycles. The molecule has 1 amide bonds. The Balaban J connectivity index is 1.37. The van der Waals surface area contributed by atoms with Crippen molar-refractivity contribution in [1.29, 1.82) is 0 Å². The van der Waals surface area contributed by atoms with Crippen LogP contribution in [0.2, 0.25) is 0 Å². The van der Waals surface area contributed by atoms with Crippen molar-refractivity contribution in [1.82, 2.24) is 24.4 Å². The predicted octanol–water partition coefficient (Wildman–Crippen LogP) is 1.81. The van der Waals surface area contributed by atoms with Gasteiger partial charge in [0.2, 0.25) is 5.91 Å². The van der Waals surface area contributed by atoms with Crippen molar-refractivity contribution in [3.05, 3.63) is 36.5 Å². The van der Waals surface area contributed by atoms with E-state index in [9.17, 15) is 4.79 Å². The Bertz CT molecular complexity index is 975. The van der Waals surface area contributed by atoms with Crippen molar-refractivity contribution in [2.24, 2.45) is 0 Å². The van der Waals surface area contributed by atoms with Crippen molar-refractivity contribution in [3.8, 4) is 0 Å². The van der Waals surface area contributed by atoms with Crippen LogP contribution in [-0.4, -0.2) is 49.9 Å². The van der Waals surface area contributed by atoms with Crippen LogP contribution in [0.25, 0.3) is 5.52 Å². The number of anilines is 2. The van der Waals surface area contributed by atoms with Crippen LogP contribution in [0.15, 0.2) is 30.9 Å². The average molecular weight is 351 g/mol. The first kappa shape index (κ1) is 15.4. The SMILES string of the molecule is Cc1cc2c(N3CCC(n4cc(N5CCCC5=O)cn4)C3)nccn2n1. The Kier molecular flexibility index (Phi) is 3.44. The maximum atomic E-state index is 11.9. The Morgan fingerprint density at radius 2 is 2.19 bits per heavy atom. The molecule has 2 saturated heterocycles. The number of fused-ring (bicyclic) bond motifs is 1. The van der Waals surface area contributed by atoms with Crippen molar-refractivity contribution < 1.29 is 4.79 Å². The molecule has 2 fully saturated rings. The standard InChI is InChI=1S/C18H21N7O/c1-13-9-16-18(19-5-8-24(16)21-13)22-7-4-14(11-22)25-12-15(10-20-25)23-6-2-3-17(23)26/h5,8-10,12,14H,2-4,6-7,11H2,1H3. The quantitative estimate of drug-likeness (QED) is 0.720. The van der Waals surface area contributed by atoms with Crippen LogP contribution in [0.1, 0.15) is 31.0 Å². The molecule has 2 aliphatic rings. The van der Waals surface area contributed by atoms with E-state index in [4.69, 9.17) is 0 Å². The fourth-order valence-corrected chi connectivity index (χ4v) is 4.01. The number of aryl methyl sites for hydroxylation is 1. The first-order chi connectivity index (χ1) is 12.7. The fourth-order valence-electron chi connectivity index (χ4n) is 4.01. The van der Waals surface area contributed by atoms with Gasteiger partial charge < -0.3 is 9.80 Å². The fraction of sp³-hybridized carbons (Fsp3) is 0.444. The summed E-state index contributed by atoms with van der Waals surface area (Å²) in [6.45, 7) is 4.58. The molecule has 0 bridgehead atoms.